The highest BCUT2D eigenvalue weighted by Gasteiger charge is 2.06. The van der Waals surface area contributed by atoms with Crippen LogP contribution < -0.4 is 11.1 Å². The molecule has 3 N–H and O–H groups in total. The fourth-order valence-electron chi connectivity index (χ4n) is 0.602. The molecule has 0 aromatic carbocycles. The lowest BCUT2D eigenvalue weighted by Gasteiger charge is -2.03. The molecule has 0 aliphatic heterocycles. The summed E-state index contributed by atoms with van der Waals surface area (Å²) in [4.78, 5) is 7.68. The third-order valence-corrected chi connectivity index (χ3v) is 2.68. The van der Waals surface area contributed by atoms with Crippen LogP contribution in [-0.2, 0) is 0 Å². The van der Waals surface area contributed by atoms with Crippen molar-refractivity contribution in [2.75, 3.05) is 18.1 Å². The van der Waals surface area contributed by atoms with Crippen LogP contribution in [0.5, 0.6) is 0 Å². The van der Waals surface area contributed by atoms with E-state index in [9.17, 15) is 0 Å². The molecule has 0 fully saturated rings. The number of aromatic nitrogens is 2. The molecule has 4 nitrogen and oxygen atoms in total. The van der Waals surface area contributed by atoms with Crippen LogP contribution in [-0.4, -0.2) is 17.0 Å². The van der Waals surface area contributed by atoms with E-state index in [2.05, 4.69) is 15.3 Å². The fraction of sp³-hybridized carbons (Fsp3) is 0.200. The number of rotatable bonds is 1. The lowest BCUT2D eigenvalue weighted by molar-refractivity contribution is 1.16. The third kappa shape index (κ3) is 1.84. The molecule has 0 aliphatic rings. The van der Waals surface area contributed by atoms with Gasteiger partial charge in [0.1, 0.15) is 11.0 Å². The predicted molar refractivity (Wildman–Crippen MR) is 53.7 cm³/mol. The van der Waals surface area contributed by atoms with Gasteiger partial charge in [-0.1, -0.05) is 11.6 Å². The molecule has 0 bridgehead atoms. The van der Waals surface area contributed by atoms with Crippen molar-refractivity contribution in [3.63, 3.8) is 0 Å². The number of nitrogens with one attached hydrogen (secondary N) is 1. The summed E-state index contributed by atoms with van der Waals surface area (Å²) in [7, 11) is 1.75. The number of nitrogen functional groups attached to an aromatic ring is 1. The van der Waals surface area contributed by atoms with Gasteiger partial charge in [0.15, 0.2) is 0 Å². The molecular formula is C5H6ClIN4. The maximum atomic E-state index is 5.72. The fourth-order valence-corrected chi connectivity index (χ4v) is 1.29. The van der Waals surface area contributed by atoms with Crippen molar-refractivity contribution < 1.29 is 0 Å². The Balaban J connectivity index is 3.24. The Bertz CT molecular complexity index is 277. The molecule has 0 aliphatic carbocycles. The van der Waals surface area contributed by atoms with Crippen LogP contribution in [0.25, 0.3) is 0 Å². The summed E-state index contributed by atoms with van der Waals surface area (Å²) >= 11 is 7.77. The van der Waals surface area contributed by atoms with Gasteiger partial charge in [0.2, 0.25) is 5.95 Å². The largest absolute Gasteiger partial charge is 0.372 e. The molecule has 0 amide bonds. The summed E-state index contributed by atoms with van der Waals surface area (Å²) in [6.07, 6.45) is 0. The molecule has 0 unspecified atom stereocenters. The minimum atomic E-state index is 0.180. The van der Waals surface area contributed by atoms with Crippen LogP contribution >= 0.6 is 34.2 Å². The average Bonchev–Trinajstić information content (AvgIpc) is 1.96. The van der Waals surface area contributed by atoms with Gasteiger partial charge in [0, 0.05) is 7.05 Å². The van der Waals surface area contributed by atoms with E-state index in [4.69, 9.17) is 17.3 Å². The lowest BCUT2D eigenvalue weighted by Crippen LogP contribution is -2.02. The number of nitrogens with two attached hydrogens (primary N) is 1. The monoisotopic (exact) mass is 284 g/mol. The Hall–Kier alpha value is -0.300. The zero-order valence-electron chi connectivity index (χ0n) is 5.73. The molecule has 1 aromatic rings. The topological polar surface area (TPSA) is 63.8 Å². The van der Waals surface area contributed by atoms with E-state index in [-0.39, 0.29) is 5.95 Å². The second kappa shape index (κ2) is 3.40. The Morgan fingerprint density at radius 1 is 1.55 bits per heavy atom. The first-order valence-corrected chi connectivity index (χ1v) is 4.27. The van der Waals surface area contributed by atoms with Gasteiger partial charge >= 0.3 is 0 Å². The normalized spacial score (nSPS) is 9.73. The van der Waals surface area contributed by atoms with Crippen molar-refractivity contribution in [1.29, 1.82) is 0 Å². The molecule has 1 rings (SSSR count). The van der Waals surface area contributed by atoms with Crippen LogP contribution in [0, 0.1) is 3.57 Å². The minimum absolute atomic E-state index is 0.180. The van der Waals surface area contributed by atoms with Gasteiger partial charge in [0.25, 0.3) is 0 Å². The van der Waals surface area contributed by atoms with Crippen LogP contribution in [0.1, 0.15) is 0 Å². The Morgan fingerprint density at radius 3 is 2.73 bits per heavy atom. The molecule has 6 heteroatoms. The first-order valence-electron chi connectivity index (χ1n) is 2.81. The first kappa shape index (κ1) is 8.79. The molecule has 0 saturated heterocycles. The summed E-state index contributed by atoms with van der Waals surface area (Å²) < 4.78 is 0.779. The highest BCUT2D eigenvalue weighted by Crippen LogP contribution is 2.22. The van der Waals surface area contributed by atoms with Gasteiger partial charge in [-0.05, 0) is 22.6 Å². The van der Waals surface area contributed by atoms with Crippen molar-refractivity contribution in [1.82, 2.24) is 9.97 Å². The van der Waals surface area contributed by atoms with Gasteiger partial charge < -0.3 is 11.1 Å². The first-order chi connectivity index (χ1) is 5.15. The van der Waals surface area contributed by atoms with Gasteiger partial charge in [-0.2, -0.15) is 4.98 Å². The molecule has 0 atom stereocenters. The third-order valence-electron chi connectivity index (χ3n) is 1.06. The number of anilines is 2. The van der Waals surface area contributed by atoms with E-state index in [1.807, 2.05) is 22.6 Å². The van der Waals surface area contributed by atoms with Crippen LogP contribution in [0.15, 0.2) is 0 Å². The average molecular weight is 284 g/mol. The van der Waals surface area contributed by atoms with Crippen LogP contribution in [0.2, 0.25) is 5.15 Å². The second-order valence-electron chi connectivity index (χ2n) is 1.79. The maximum absolute atomic E-state index is 5.72. The summed E-state index contributed by atoms with van der Waals surface area (Å²) in [5.74, 6) is 0.836. The van der Waals surface area contributed by atoms with E-state index in [1.54, 1.807) is 7.05 Å². The van der Waals surface area contributed by atoms with Gasteiger partial charge in [-0.15, -0.1) is 0 Å². The SMILES string of the molecule is CNc1nc(N)nc(Cl)c1I. The molecule has 0 spiro atoms. The van der Waals surface area contributed by atoms with Crippen molar-refractivity contribution >= 4 is 46.0 Å². The standard InChI is InChI=1S/C5H6ClIN4/c1-9-4-2(7)3(6)10-5(8)11-4/h1H3,(H3,8,9,10,11). The number of hydrogen-bond acceptors (Lipinski definition) is 4. The molecule has 0 saturated carbocycles. The smallest absolute Gasteiger partial charge is 0.223 e. The van der Waals surface area contributed by atoms with Crippen molar-refractivity contribution in [3.05, 3.63) is 8.72 Å². The molecule has 11 heavy (non-hydrogen) atoms. The van der Waals surface area contributed by atoms with Gasteiger partial charge in [-0.3, -0.25) is 0 Å². The lowest BCUT2D eigenvalue weighted by atomic mass is 10.6. The number of halogens is 2. The van der Waals surface area contributed by atoms with Gasteiger partial charge in [-0.25, -0.2) is 4.98 Å². The molecule has 60 valence electrons. The minimum Gasteiger partial charge on any atom is -0.372 e. The van der Waals surface area contributed by atoms with E-state index < -0.39 is 0 Å². The van der Waals surface area contributed by atoms with Crippen molar-refractivity contribution in [3.8, 4) is 0 Å². The van der Waals surface area contributed by atoms with Crippen molar-refractivity contribution in [2.24, 2.45) is 0 Å². The molecular weight excluding hydrogens is 278 g/mol. The summed E-state index contributed by atoms with van der Waals surface area (Å²) in [6.45, 7) is 0. The summed E-state index contributed by atoms with van der Waals surface area (Å²) in [6, 6.07) is 0. The predicted octanol–water partition coefficient (Wildman–Crippen LogP) is 1.36. The van der Waals surface area contributed by atoms with Crippen molar-refractivity contribution in [2.45, 2.75) is 0 Å². The molecule has 1 aromatic heterocycles. The Labute approximate surface area is 82.7 Å². The number of hydrogen-bond donors (Lipinski definition) is 2. The molecule has 0 radical (unpaired) electrons. The zero-order valence-corrected chi connectivity index (χ0v) is 8.64. The quantitative estimate of drug-likeness (QED) is 0.604. The highest BCUT2D eigenvalue weighted by atomic mass is 127. The van der Waals surface area contributed by atoms with Crippen LogP contribution in [0.3, 0.4) is 0 Å². The second-order valence-corrected chi connectivity index (χ2v) is 3.22. The maximum Gasteiger partial charge on any atom is 0.223 e. The van der Waals surface area contributed by atoms with E-state index in [1.165, 1.54) is 0 Å². The summed E-state index contributed by atoms with van der Waals surface area (Å²) in [5.41, 5.74) is 5.35. The van der Waals surface area contributed by atoms with E-state index in [0.29, 0.717) is 11.0 Å². The Kier molecular flexibility index (Phi) is 2.72. The highest BCUT2D eigenvalue weighted by molar-refractivity contribution is 14.1. The van der Waals surface area contributed by atoms with Crippen LogP contribution in [0.4, 0.5) is 11.8 Å². The van der Waals surface area contributed by atoms with E-state index >= 15 is 0 Å². The summed E-state index contributed by atoms with van der Waals surface area (Å²) in [5, 5.41) is 3.23. The number of nitrogens with zero attached hydrogens (tertiary/aromatic N) is 2. The molecule has 1 heterocycles. The Morgan fingerprint density at radius 2 is 2.18 bits per heavy atom. The van der Waals surface area contributed by atoms with E-state index in [0.717, 1.165) is 3.57 Å². The van der Waals surface area contributed by atoms with Gasteiger partial charge in [0.05, 0.1) is 3.57 Å². The zero-order chi connectivity index (χ0) is 8.43.